The molecule has 3 unspecified atom stereocenters. The number of thiol groups is 1. The van der Waals surface area contributed by atoms with Crippen molar-refractivity contribution >= 4 is 36.4 Å². The number of amides is 2. The average molecular weight is 385 g/mol. The topological polar surface area (TPSA) is 74.6 Å². The molecule has 1 fully saturated rings. The molecule has 2 rings (SSSR count). The summed E-state index contributed by atoms with van der Waals surface area (Å²) in [6.45, 7) is 3.31. The van der Waals surface area contributed by atoms with Crippen LogP contribution in [0.5, 0.6) is 0 Å². The molecule has 4 atom stereocenters. The van der Waals surface area contributed by atoms with Crippen molar-refractivity contribution in [2.75, 3.05) is 18.6 Å². The van der Waals surface area contributed by atoms with Crippen molar-refractivity contribution < 1.29 is 24.3 Å². The number of hydrogen-bond donors (Lipinski definition) is 3. The molecular formula is C18H26NO4S2+. The van der Waals surface area contributed by atoms with Gasteiger partial charge in [0, 0.05) is 23.5 Å². The molecule has 0 aromatic heterocycles. The predicted molar refractivity (Wildman–Crippen MR) is 102 cm³/mol. The van der Waals surface area contributed by atoms with Gasteiger partial charge in [-0.1, -0.05) is 12.1 Å². The third-order valence-corrected chi connectivity index (χ3v) is 6.39. The van der Waals surface area contributed by atoms with Crippen LogP contribution in [-0.2, 0) is 11.2 Å². The molecule has 1 aliphatic heterocycles. The summed E-state index contributed by atoms with van der Waals surface area (Å²) in [7, 11) is 0. The van der Waals surface area contributed by atoms with Gasteiger partial charge in [0.2, 0.25) is 0 Å². The van der Waals surface area contributed by atoms with Gasteiger partial charge in [-0.3, -0.25) is 0 Å². The van der Waals surface area contributed by atoms with Gasteiger partial charge in [-0.05, 0) is 37.8 Å². The number of quaternary nitrogens is 1. The number of nitrogens with zero attached hydrogens (tertiary/aromatic N) is 1. The second-order valence-corrected chi connectivity index (χ2v) is 8.28. The number of carbonyl (C=O) groups is 2. The van der Waals surface area contributed by atoms with E-state index in [2.05, 4.69) is 12.6 Å². The van der Waals surface area contributed by atoms with Gasteiger partial charge >= 0.3 is 12.0 Å². The molecule has 1 saturated heterocycles. The van der Waals surface area contributed by atoms with Crippen molar-refractivity contribution in [2.45, 2.75) is 43.2 Å². The summed E-state index contributed by atoms with van der Waals surface area (Å²) in [6.07, 6.45) is 1.41. The first kappa shape index (κ1) is 20.3. The Morgan fingerprint density at radius 2 is 2.00 bits per heavy atom. The molecule has 0 radical (unpaired) electrons. The molecule has 0 saturated carbocycles. The third-order valence-electron chi connectivity index (χ3n) is 5.09. The Bertz CT molecular complexity index is 651. The Balaban J connectivity index is 2.29. The maximum atomic E-state index is 12.8. The molecule has 2 N–H and O–H groups in total. The summed E-state index contributed by atoms with van der Waals surface area (Å²) in [5.74, 6) is -0.582. The van der Waals surface area contributed by atoms with E-state index in [0.717, 1.165) is 10.5 Å². The smallest absolute Gasteiger partial charge is 0.435 e. The number of benzene rings is 1. The number of imide groups is 1. The van der Waals surface area contributed by atoms with Crippen molar-refractivity contribution in [3.8, 4) is 0 Å². The fraction of sp³-hybridized carbons (Fsp3) is 0.556. The van der Waals surface area contributed by atoms with E-state index >= 15 is 0 Å². The molecule has 1 aromatic rings. The number of rotatable bonds is 5. The first-order chi connectivity index (χ1) is 11.7. The molecule has 25 heavy (non-hydrogen) atoms. The van der Waals surface area contributed by atoms with Crippen LogP contribution in [0.2, 0.25) is 0 Å². The van der Waals surface area contributed by atoms with Crippen LogP contribution in [0, 0.1) is 5.92 Å². The van der Waals surface area contributed by atoms with Gasteiger partial charge in [0.1, 0.15) is 18.2 Å². The lowest BCUT2D eigenvalue weighted by Gasteiger charge is -2.32. The highest BCUT2D eigenvalue weighted by atomic mass is 32.2. The van der Waals surface area contributed by atoms with Crippen LogP contribution in [-0.4, -0.2) is 56.9 Å². The first-order valence-corrected chi connectivity index (χ1v) is 10.2. The van der Waals surface area contributed by atoms with Crippen LogP contribution in [0.3, 0.4) is 0 Å². The summed E-state index contributed by atoms with van der Waals surface area (Å²) in [6, 6.07) is 7.37. The number of aliphatic hydroxyl groups is 1. The van der Waals surface area contributed by atoms with Crippen molar-refractivity contribution in [2.24, 2.45) is 5.92 Å². The first-order valence-electron chi connectivity index (χ1n) is 8.30. The van der Waals surface area contributed by atoms with Crippen LogP contribution in [0.4, 0.5) is 4.79 Å². The lowest BCUT2D eigenvalue weighted by Crippen LogP contribution is -2.61. The summed E-state index contributed by atoms with van der Waals surface area (Å²) >= 11 is 5.77. The number of likely N-dealkylation sites (tertiary alicyclic amines) is 1. The minimum absolute atomic E-state index is 0.106. The minimum atomic E-state index is -1.22. The molecule has 1 aliphatic rings. The van der Waals surface area contributed by atoms with Crippen molar-refractivity contribution in [1.82, 2.24) is 0 Å². The molecular weight excluding hydrogens is 358 g/mol. The third kappa shape index (κ3) is 3.89. The zero-order valence-electron chi connectivity index (χ0n) is 14.8. The maximum absolute atomic E-state index is 12.8. The Morgan fingerprint density at radius 1 is 1.40 bits per heavy atom. The number of carboxylic acid groups (broad SMARTS) is 1. The van der Waals surface area contributed by atoms with E-state index in [0.29, 0.717) is 6.42 Å². The molecule has 7 heteroatoms. The number of carbonyl (C=O) groups excluding carboxylic acids is 1. The highest BCUT2D eigenvalue weighted by Crippen LogP contribution is 2.38. The SMILES string of the molecule is CSc1ccc(CC2(O)CC(C)[N@+](C(=O)O)(C(=O)C(C)CS)C2)cc1. The molecule has 0 bridgehead atoms. The Kier molecular flexibility index (Phi) is 6.25. The molecule has 0 aliphatic carbocycles. The molecule has 138 valence electrons. The van der Waals surface area contributed by atoms with Crippen molar-refractivity contribution in [3.05, 3.63) is 29.8 Å². The lowest BCUT2D eigenvalue weighted by atomic mass is 9.92. The molecule has 1 heterocycles. The van der Waals surface area contributed by atoms with Crippen LogP contribution >= 0.6 is 24.4 Å². The minimum Gasteiger partial charge on any atom is -0.435 e. The highest BCUT2D eigenvalue weighted by molar-refractivity contribution is 7.98. The van der Waals surface area contributed by atoms with Gasteiger partial charge in [0.15, 0.2) is 0 Å². The fourth-order valence-corrected chi connectivity index (χ4v) is 4.32. The van der Waals surface area contributed by atoms with Gasteiger partial charge in [-0.2, -0.15) is 21.9 Å². The van der Waals surface area contributed by atoms with Crippen molar-refractivity contribution in [1.29, 1.82) is 0 Å². The van der Waals surface area contributed by atoms with Gasteiger partial charge in [0.25, 0.3) is 0 Å². The standard InChI is InChI=1S/C18H25NO4S2/c1-12(10-24)16(20)19(17(21)22)11-18(23,8-13(19)2)9-14-4-6-15(25-3)7-5-14/h4-7,12-13,23H,8-11H2,1-3H3,(H-,21,22,24)/p+1/t12?,13?,18?,19-/m0/s1. The summed E-state index contributed by atoms with van der Waals surface area (Å²) in [5, 5.41) is 20.9. The number of thioether (sulfide) groups is 1. The molecule has 2 amide bonds. The zero-order chi connectivity index (χ0) is 18.8. The van der Waals surface area contributed by atoms with E-state index < -0.39 is 28.1 Å². The highest BCUT2D eigenvalue weighted by Gasteiger charge is 2.62. The monoisotopic (exact) mass is 384 g/mol. The van der Waals surface area contributed by atoms with Gasteiger partial charge in [-0.15, -0.1) is 11.8 Å². The maximum Gasteiger partial charge on any atom is 0.521 e. The van der Waals surface area contributed by atoms with E-state index in [1.54, 1.807) is 25.6 Å². The fourth-order valence-electron chi connectivity index (χ4n) is 3.76. The zero-order valence-corrected chi connectivity index (χ0v) is 16.5. The second-order valence-electron chi connectivity index (χ2n) is 7.03. The van der Waals surface area contributed by atoms with Crippen LogP contribution in [0.25, 0.3) is 0 Å². The van der Waals surface area contributed by atoms with Gasteiger partial charge < -0.3 is 10.2 Å². The van der Waals surface area contributed by atoms with Gasteiger partial charge in [0.05, 0.1) is 5.92 Å². The van der Waals surface area contributed by atoms with E-state index in [1.807, 2.05) is 30.5 Å². The van der Waals surface area contributed by atoms with Crippen LogP contribution in [0.1, 0.15) is 25.8 Å². The summed E-state index contributed by atoms with van der Waals surface area (Å²) in [5.41, 5.74) is -0.280. The van der Waals surface area contributed by atoms with Crippen molar-refractivity contribution in [3.63, 3.8) is 0 Å². The Hall–Kier alpha value is -1.02. The average Bonchev–Trinajstić information content (AvgIpc) is 2.85. The molecule has 0 spiro atoms. The van der Waals surface area contributed by atoms with E-state index in [4.69, 9.17) is 0 Å². The largest absolute Gasteiger partial charge is 0.521 e. The predicted octanol–water partition coefficient (Wildman–Crippen LogP) is 3.06. The Labute approximate surface area is 158 Å². The van der Waals surface area contributed by atoms with E-state index in [1.165, 1.54) is 0 Å². The second kappa shape index (κ2) is 7.70. The Morgan fingerprint density at radius 3 is 2.48 bits per heavy atom. The van der Waals surface area contributed by atoms with Gasteiger partial charge in [-0.25, -0.2) is 4.79 Å². The summed E-state index contributed by atoms with van der Waals surface area (Å²) < 4.78 is -0.721. The quantitative estimate of drug-likeness (QED) is 0.413. The molecule has 1 aromatic carbocycles. The van der Waals surface area contributed by atoms with Crippen LogP contribution in [0.15, 0.2) is 29.2 Å². The lowest BCUT2D eigenvalue weighted by molar-refractivity contribution is -0.797. The molecule has 5 nitrogen and oxygen atoms in total. The van der Waals surface area contributed by atoms with E-state index in [-0.39, 0.29) is 24.6 Å². The number of hydrogen-bond acceptors (Lipinski definition) is 5. The normalized spacial score (nSPS) is 30.2. The van der Waals surface area contributed by atoms with E-state index in [9.17, 15) is 19.8 Å². The van der Waals surface area contributed by atoms with Crippen LogP contribution < -0.4 is 0 Å². The summed E-state index contributed by atoms with van der Waals surface area (Å²) in [4.78, 5) is 26.0.